The Morgan fingerprint density at radius 2 is 2.06 bits per heavy atom. The molecular weight excluding hydrogens is 448 g/mol. The van der Waals surface area contributed by atoms with Crippen LogP contribution < -0.4 is 11.1 Å². The predicted octanol–water partition coefficient (Wildman–Crippen LogP) is 1.26. The third-order valence-corrected chi connectivity index (χ3v) is 6.40. The molecule has 0 unspecified atom stereocenters. The fourth-order valence-corrected chi connectivity index (χ4v) is 4.61. The number of carbonyl (C=O) groups is 2. The molecule has 1 saturated heterocycles. The molecule has 1 fully saturated rings. The van der Waals surface area contributed by atoms with Crippen LogP contribution in [0.1, 0.15) is 29.4 Å². The van der Waals surface area contributed by atoms with Crippen molar-refractivity contribution in [2.24, 2.45) is 5.73 Å². The van der Waals surface area contributed by atoms with Crippen LogP contribution in [0.4, 0.5) is 5.82 Å². The number of hydrogen-bond donors (Lipinski definition) is 4. The maximum absolute atomic E-state index is 12.5. The molecule has 3 aromatic rings. The Hall–Kier alpha value is -3.06. The van der Waals surface area contributed by atoms with Gasteiger partial charge in [0.05, 0.1) is 18.5 Å². The number of rotatable bonds is 9. The number of carboxylic acid groups (broad SMARTS) is 1. The highest BCUT2D eigenvalue weighted by atomic mass is 32.2. The number of aliphatic hydroxyl groups is 1. The second kappa shape index (κ2) is 10.3. The third-order valence-electron chi connectivity index (χ3n) is 5.31. The van der Waals surface area contributed by atoms with Gasteiger partial charge in [-0.3, -0.25) is 14.2 Å². The number of thioether (sulfide) groups is 1. The number of aromatic nitrogens is 4. The SMILES string of the molecule is N[C@@H](CCSC[C@H]1O[C@@H](n2cnc3c(NC(=O)c4ccccc4)ncnc32)C[C@@H]1O)C(=O)O. The van der Waals surface area contributed by atoms with Crippen molar-refractivity contribution in [3.63, 3.8) is 0 Å². The minimum Gasteiger partial charge on any atom is -0.480 e. The van der Waals surface area contributed by atoms with Gasteiger partial charge in [0.2, 0.25) is 0 Å². The molecule has 1 aliphatic heterocycles. The number of amides is 1. The molecule has 0 spiro atoms. The topological polar surface area (TPSA) is 165 Å². The van der Waals surface area contributed by atoms with E-state index < -0.39 is 30.4 Å². The number of carbonyl (C=O) groups excluding carboxylic acids is 1. The van der Waals surface area contributed by atoms with Crippen LogP contribution in [0.25, 0.3) is 11.2 Å². The van der Waals surface area contributed by atoms with Crippen LogP contribution in [0.2, 0.25) is 0 Å². The summed E-state index contributed by atoms with van der Waals surface area (Å²) >= 11 is 1.48. The third kappa shape index (κ3) is 5.30. The van der Waals surface area contributed by atoms with Gasteiger partial charge in [-0.15, -0.1) is 0 Å². The number of ether oxygens (including phenoxy) is 1. The highest BCUT2D eigenvalue weighted by molar-refractivity contribution is 7.99. The Morgan fingerprint density at radius 3 is 2.82 bits per heavy atom. The Labute approximate surface area is 193 Å². The van der Waals surface area contributed by atoms with Crippen LogP contribution in [0.5, 0.6) is 0 Å². The summed E-state index contributed by atoms with van der Waals surface area (Å²) in [6.45, 7) is 0. The summed E-state index contributed by atoms with van der Waals surface area (Å²) in [5.74, 6) is 0.00647. The molecule has 3 heterocycles. The summed E-state index contributed by atoms with van der Waals surface area (Å²) in [7, 11) is 0. The van der Waals surface area contributed by atoms with Gasteiger partial charge in [0, 0.05) is 17.7 Å². The molecule has 0 saturated carbocycles. The minimum absolute atomic E-state index is 0.285. The van der Waals surface area contributed by atoms with E-state index in [-0.39, 0.29) is 11.7 Å². The molecule has 2 aromatic heterocycles. The van der Waals surface area contributed by atoms with E-state index in [4.69, 9.17) is 15.6 Å². The molecule has 1 amide bonds. The maximum Gasteiger partial charge on any atom is 0.320 e. The standard InChI is InChI=1S/C21H24N6O5S/c22-13(21(30)31)6-7-33-9-15-14(28)8-16(32-15)27-11-25-17-18(23-10-24-19(17)27)26-20(29)12-4-2-1-3-5-12/h1-5,10-11,13-16,28H,6-9,22H2,(H,30,31)(H,23,24,26,29)/t13-,14-,15+,16+/m0/s1. The number of imidazole rings is 1. The first-order valence-corrected chi connectivity index (χ1v) is 11.5. The van der Waals surface area contributed by atoms with E-state index in [2.05, 4.69) is 20.3 Å². The first kappa shape index (κ1) is 23.1. The lowest BCUT2D eigenvalue weighted by Gasteiger charge is -2.16. The second-order valence-corrected chi connectivity index (χ2v) is 8.76. The highest BCUT2D eigenvalue weighted by Gasteiger charge is 2.35. The average Bonchev–Trinajstić information content (AvgIpc) is 3.41. The van der Waals surface area contributed by atoms with Gasteiger partial charge in [-0.2, -0.15) is 11.8 Å². The Bertz CT molecular complexity index is 1130. The lowest BCUT2D eigenvalue weighted by molar-refractivity contribution is -0.138. The largest absolute Gasteiger partial charge is 0.480 e. The van der Waals surface area contributed by atoms with Gasteiger partial charge >= 0.3 is 5.97 Å². The number of anilines is 1. The lowest BCUT2D eigenvalue weighted by atomic mass is 10.2. The van der Waals surface area contributed by atoms with Crippen molar-refractivity contribution in [3.8, 4) is 0 Å². The smallest absolute Gasteiger partial charge is 0.320 e. The van der Waals surface area contributed by atoms with Gasteiger partial charge in [0.1, 0.15) is 18.6 Å². The first-order valence-electron chi connectivity index (χ1n) is 10.4. The number of aliphatic carboxylic acids is 1. The number of benzene rings is 1. The van der Waals surface area contributed by atoms with Crippen LogP contribution >= 0.6 is 11.8 Å². The number of carboxylic acids is 1. The van der Waals surface area contributed by atoms with Gasteiger partial charge < -0.3 is 26.0 Å². The van der Waals surface area contributed by atoms with Gasteiger partial charge in [0.15, 0.2) is 17.0 Å². The van der Waals surface area contributed by atoms with Crippen molar-refractivity contribution >= 4 is 40.6 Å². The lowest BCUT2D eigenvalue weighted by Crippen LogP contribution is -2.31. The van der Waals surface area contributed by atoms with E-state index in [1.54, 1.807) is 35.2 Å². The maximum atomic E-state index is 12.5. The minimum atomic E-state index is -1.03. The van der Waals surface area contributed by atoms with E-state index >= 15 is 0 Å². The van der Waals surface area contributed by atoms with Crippen LogP contribution in [-0.4, -0.2) is 71.4 Å². The number of fused-ring (bicyclic) bond motifs is 1. The number of nitrogens with one attached hydrogen (secondary N) is 1. The molecule has 5 N–H and O–H groups in total. The molecule has 1 aromatic carbocycles. The van der Waals surface area contributed by atoms with Crippen molar-refractivity contribution < 1.29 is 24.5 Å². The van der Waals surface area contributed by atoms with Crippen LogP contribution in [0.3, 0.4) is 0 Å². The monoisotopic (exact) mass is 472 g/mol. The molecule has 0 aliphatic carbocycles. The van der Waals surface area contributed by atoms with Crippen LogP contribution in [-0.2, 0) is 9.53 Å². The molecule has 0 radical (unpaired) electrons. The molecule has 11 nitrogen and oxygen atoms in total. The van der Waals surface area contributed by atoms with E-state index in [1.165, 1.54) is 18.1 Å². The van der Waals surface area contributed by atoms with Crippen molar-refractivity contribution in [2.45, 2.75) is 37.3 Å². The predicted molar refractivity (Wildman–Crippen MR) is 122 cm³/mol. The van der Waals surface area contributed by atoms with Gasteiger partial charge in [-0.1, -0.05) is 18.2 Å². The number of hydrogen-bond acceptors (Lipinski definition) is 9. The summed E-state index contributed by atoms with van der Waals surface area (Å²) < 4.78 is 7.74. The molecular formula is C21H24N6O5S. The van der Waals surface area contributed by atoms with Gasteiger partial charge in [0.25, 0.3) is 5.91 Å². The Balaban J connectivity index is 1.41. The zero-order valence-corrected chi connectivity index (χ0v) is 18.4. The van der Waals surface area contributed by atoms with E-state index in [0.29, 0.717) is 41.1 Å². The fraction of sp³-hybridized carbons (Fsp3) is 0.381. The average molecular weight is 473 g/mol. The Kier molecular flexibility index (Phi) is 7.18. The molecule has 33 heavy (non-hydrogen) atoms. The fourth-order valence-electron chi connectivity index (χ4n) is 3.49. The number of aliphatic hydroxyl groups excluding tert-OH is 1. The molecule has 0 bridgehead atoms. The first-order chi connectivity index (χ1) is 15.9. The number of nitrogens with two attached hydrogens (primary N) is 1. The zero-order chi connectivity index (χ0) is 23.4. The quantitative estimate of drug-likeness (QED) is 0.333. The van der Waals surface area contributed by atoms with Crippen LogP contribution in [0.15, 0.2) is 43.0 Å². The second-order valence-electron chi connectivity index (χ2n) is 7.61. The molecule has 174 valence electrons. The van der Waals surface area contributed by atoms with Crippen molar-refractivity contribution in [1.29, 1.82) is 0 Å². The van der Waals surface area contributed by atoms with Crippen molar-refractivity contribution in [3.05, 3.63) is 48.5 Å². The van der Waals surface area contributed by atoms with E-state index in [0.717, 1.165) is 0 Å². The molecule has 12 heteroatoms. The van der Waals surface area contributed by atoms with E-state index in [9.17, 15) is 14.7 Å². The summed E-state index contributed by atoms with van der Waals surface area (Å²) in [6.07, 6.45) is 1.99. The highest BCUT2D eigenvalue weighted by Crippen LogP contribution is 2.33. The Morgan fingerprint density at radius 1 is 1.27 bits per heavy atom. The molecule has 4 atom stereocenters. The zero-order valence-electron chi connectivity index (χ0n) is 17.6. The van der Waals surface area contributed by atoms with Gasteiger partial charge in [-0.05, 0) is 24.3 Å². The van der Waals surface area contributed by atoms with Crippen LogP contribution in [0, 0.1) is 0 Å². The number of nitrogens with zero attached hydrogens (tertiary/aromatic N) is 4. The summed E-state index contributed by atoms with van der Waals surface area (Å²) in [4.78, 5) is 36.1. The van der Waals surface area contributed by atoms with Crippen molar-refractivity contribution in [2.75, 3.05) is 16.8 Å². The van der Waals surface area contributed by atoms with Gasteiger partial charge in [-0.25, -0.2) is 15.0 Å². The summed E-state index contributed by atoms with van der Waals surface area (Å²) in [5.41, 5.74) is 6.90. The molecule has 1 aliphatic rings. The molecule has 4 rings (SSSR count). The normalized spacial score (nSPS) is 21.2. The summed E-state index contributed by atoms with van der Waals surface area (Å²) in [5, 5.41) is 22.1. The van der Waals surface area contributed by atoms with E-state index in [1.807, 2.05) is 6.07 Å². The summed E-state index contributed by atoms with van der Waals surface area (Å²) in [6, 6.07) is 7.89. The van der Waals surface area contributed by atoms with Crippen molar-refractivity contribution in [1.82, 2.24) is 19.5 Å².